The zero-order chi connectivity index (χ0) is 47.9. The van der Waals surface area contributed by atoms with Gasteiger partial charge in [0, 0.05) is 19.3 Å². The maximum absolute atomic E-state index is 12.7. The van der Waals surface area contributed by atoms with Crippen molar-refractivity contribution in [2.75, 3.05) is 13.2 Å². The number of esters is 3. The second kappa shape index (κ2) is 54.7. The van der Waals surface area contributed by atoms with Crippen LogP contribution in [0, 0.1) is 0 Å². The summed E-state index contributed by atoms with van der Waals surface area (Å²) in [5, 5.41) is 0. The molecule has 0 aromatic heterocycles. The van der Waals surface area contributed by atoms with E-state index < -0.39 is 6.10 Å². The number of hydrogen-bond donors (Lipinski definition) is 0. The number of carbonyl (C=O) groups excluding carboxylic acids is 3. The molecule has 0 aromatic carbocycles. The van der Waals surface area contributed by atoms with Crippen LogP contribution >= 0.6 is 0 Å². The van der Waals surface area contributed by atoms with Crippen LogP contribution in [0.4, 0.5) is 0 Å². The van der Waals surface area contributed by atoms with Gasteiger partial charge in [0.25, 0.3) is 0 Å². The molecule has 0 saturated heterocycles. The first-order valence-electron chi connectivity index (χ1n) is 28.3. The third-order valence-electron chi connectivity index (χ3n) is 12.3. The highest BCUT2D eigenvalue weighted by atomic mass is 16.6. The summed E-state index contributed by atoms with van der Waals surface area (Å²) in [5.74, 6) is -0.869. The van der Waals surface area contributed by atoms with E-state index in [4.69, 9.17) is 14.2 Å². The Morgan fingerprint density at radius 1 is 0.318 bits per heavy atom. The minimum atomic E-state index is -0.767. The lowest BCUT2D eigenvalue weighted by molar-refractivity contribution is -0.167. The van der Waals surface area contributed by atoms with E-state index in [-0.39, 0.29) is 31.1 Å². The Hall–Kier alpha value is -2.89. The summed E-state index contributed by atoms with van der Waals surface area (Å²) < 4.78 is 16.8. The van der Waals surface area contributed by atoms with Crippen LogP contribution < -0.4 is 0 Å². The molecule has 0 N–H and O–H groups in total. The maximum Gasteiger partial charge on any atom is 0.306 e. The number of ether oxygens (including phenoxy) is 3. The minimum Gasteiger partial charge on any atom is -0.462 e. The van der Waals surface area contributed by atoms with E-state index in [1.807, 2.05) is 0 Å². The molecule has 0 aliphatic carbocycles. The lowest BCUT2D eigenvalue weighted by atomic mass is 10.0. The lowest BCUT2D eigenvalue weighted by Gasteiger charge is -2.18. The van der Waals surface area contributed by atoms with Crippen molar-refractivity contribution in [3.05, 3.63) is 60.8 Å². The Balaban J connectivity index is 4.05. The van der Waals surface area contributed by atoms with Crippen LogP contribution in [-0.2, 0) is 28.6 Å². The van der Waals surface area contributed by atoms with Crippen LogP contribution in [0.5, 0.6) is 0 Å². The van der Waals surface area contributed by atoms with Crippen LogP contribution in [0.3, 0.4) is 0 Å². The predicted molar refractivity (Wildman–Crippen MR) is 284 cm³/mol. The molecule has 0 saturated carbocycles. The fourth-order valence-corrected chi connectivity index (χ4v) is 8.06. The van der Waals surface area contributed by atoms with Crippen molar-refractivity contribution < 1.29 is 28.6 Å². The fourth-order valence-electron chi connectivity index (χ4n) is 8.06. The van der Waals surface area contributed by atoms with E-state index in [1.165, 1.54) is 154 Å². The molecular weight excluding hydrogens is 817 g/mol. The highest BCUT2D eigenvalue weighted by molar-refractivity contribution is 5.71. The van der Waals surface area contributed by atoms with Crippen LogP contribution in [0.25, 0.3) is 0 Å². The van der Waals surface area contributed by atoms with Gasteiger partial charge in [-0.1, -0.05) is 261 Å². The molecule has 0 spiro atoms. The largest absolute Gasteiger partial charge is 0.462 e. The quantitative estimate of drug-likeness (QED) is 0.0262. The summed E-state index contributed by atoms with van der Waals surface area (Å²) in [7, 11) is 0. The van der Waals surface area contributed by atoms with Crippen molar-refractivity contribution in [3.63, 3.8) is 0 Å². The molecule has 1 unspecified atom stereocenters. The number of hydrogen-bond acceptors (Lipinski definition) is 6. The third-order valence-corrected chi connectivity index (χ3v) is 12.3. The van der Waals surface area contributed by atoms with Gasteiger partial charge in [0.1, 0.15) is 13.2 Å². The molecule has 6 heteroatoms. The van der Waals surface area contributed by atoms with Crippen molar-refractivity contribution in [2.24, 2.45) is 0 Å². The molecule has 0 heterocycles. The van der Waals surface area contributed by atoms with Crippen molar-refractivity contribution in [3.8, 4) is 0 Å². The van der Waals surface area contributed by atoms with Gasteiger partial charge in [0.2, 0.25) is 0 Å². The first-order valence-corrected chi connectivity index (χ1v) is 28.3. The van der Waals surface area contributed by atoms with Crippen molar-refractivity contribution in [1.29, 1.82) is 0 Å². The fraction of sp³-hybridized carbons (Fsp3) is 0.783. The minimum absolute atomic E-state index is 0.0702. The summed E-state index contributed by atoms with van der Waals surface area (Å²) >= 11 is 0. The highest BCUT2D eigenvalue weighted by Gasteiger charge is 2.19. The second-order valence-electron chi connectivity index (χ2n) is 18.8. The predicted octanol–water partition coefficient (Wildman–Crippen LogP) is 18.8. The average molecular weight is 924 g/mol. The highest BCUT2D eigenvalue weighted by Crippen LogP contribution is 2.16. The Morgan fingerprint density at radius 3 is 0.924 bits per heavy atom. The SMILES string of the molecule is CC/C=C\C/C=C\C/C=C\C/C=C\C/C=C\CCCCCCCCCCCCCCCC(=O)OCC(COC(=O)CCCCCCCCC)OC(=O)CCCCCCCCCCCCCC. The van der Waals surface area contributed by atoms with Gasteiger partial charge in [-0.2, -0.15) is 0 Å². The van der Waals surface area contributed by atoms with Gasteiger partial charge >= 0.3 is 17.9 Å². The maximum atomic E-state index is 12.7. The molecule has 0 aromatic rings. The molecule has 66 heavy (non-hydrogen) atoms. The molecule has 0 fully saturated rings. The van der Waals surface area contributed by atoms with Crippen molar-refractivity contribution in [1.82, 2.24) is 0 Å². The van der Waals surface area contributed by atoms with Crippen LogP contribution in [-0.4, -0.2) is 37.2 Å². The van der Waals surface area contributed by atoms with Crippen LogP contribution in [0.15, 0.2) is 60.8 Å². The number of rotatable bonds is 51. The summed E-state index contributed by atoms with van der Waals surface area (Å²) in [6, 6.07) is 0. The van der Waals surface area contributed by atoms with Gasteiger partial charge in [-0.25, -0.2) is 0 Å². The molecule has 0 radical (unpaired) electrons. The summed E-state index contributed by atoms with van der Waals surface area (Å²) in [6.07, 6.45) is 68.1. The molecule has 6 nitrogen and oxygen atoms in total. The smallest absolute Gasteiger partial charge is 0.306 e. The van der Waals surface area contributed by atoms with Crippen LogP contribution in [0.1, 0.15) is 284 Å². The summed E-state index contributed by atoms with van der Waals surface area (Å²) in [5.41, 5.74) is 0. The van der Waals surface area contributed by atoms with E-state index >= 15 is 0 Å². The average Bonchev–Trinajstić information content (AvgIpc) is 3.31. The summed E-state index contributed by atoms with van der Waals surface area (Å²) in [4.78, 5) is 37.8. The Labute approximate surface area is 409 Å². The van der Waals surface area contributed by atoms with E-state index in [2.05, 4.69) is 81.5 Å². The Morgan fingerprint density at radius 2 is 0.591 bits per heavy atom. The van der Waals surface area contributed by atoms with E-state index in [9.17, 15) is 14.4 Å². The van der Waals surface area contributed by atoms with Crippen molar-refractivity contribution >= 4 is 17.9 Å². The Bertz CT molecular complexity index is 1200. The number of allylic oxidation sites excluding steroid dienone is 10. The standard InChI is InChI=1S/C60H106O6/c1-4-7-10-13-16-18-20-22-23-24-25-26-27-28-29-30-31-32-33-34-35-36-37-38-40-41-44-47-50-53-59(62)65-56-57(55-64-58(61)52-49-46-43-15-12-9-6-3)66-60(63)54-51-48-45-42-39-21-19-17-14-11-8-5-2/h7,10,16,18,22-23,25-26,28-29,57H,4-6,8-9,11-15,17,19-21,24,27,30-56H2,1-3H3/b10-7-,18-16-,23-22-,26-25-,29-28-. The van der Waals surface area contributed by atoms with Gasteiger partial charge in [-0.05, 0) is 64.2 Å². The first-order chi connectivity index (χ1) is 32.5. The van der Waals surface area contributed by atoms with Gasteiger partial charge in [-0.15, -0.1) is 0 Å². The van der Waals surface area contributed by atoms with Gasteiger partial charge in [0.15, 0.2) is 6.10 Å². The normalized spacial score (nSPS) is 12.5. The Kier molecular flexibility index (Phi) is 52.3. The first kappa shape index (κ1) is 63.1. The zero-order valence-electron chi connectivity index (χ0n) is 43.7. The molecule has 0 rings (SSSR count). The number of unbranched alkanes of at least 4 members (excludes halogenated alkanes) is 30. The zero-order valence-corrected chi connectivity index (χ0v) is 43.7. The van der Waals surface area contributed by atoms with Gasteiger partial charge in [-0.3, -0.25) is 14.4 Å². The van der Waals surface area contributed by atoms with Crippen molar-refractivity contribution in [2.45, 2.75) is 290 Å². The lowest BCUT2D eigenvalue weighted by Crippen LogP contribution is -2.30. The molecule has 382 valence electrons. The van der Waals surface area contributed by atoms with E-state index in [0.717, 1.165) is 89.9 Å². The molecule has 0 aliphatic heterocycles. The van der Waals surface area contributed by atoms with Gasteiger partial charge in [0.05, 0.1) is 0 Å². The molecular formula is C60H106O6. The molecule has 0 aliphatic rings. The topological polar surface area (TPSA) is 78.9 Å². The molecule has 1 atom stereocenters. The second-order valence-corrected chi connectivity index (χ2v) is 18.8. The monoisotopic (exact) mass is 923 g/mol. The van der Waals surface area contributed by atoms with E-state index in [1.54, 1.807) is 0 Å². The van der Waals surface area contributed by atoms with Crippen LogP contribution in [0.2, 0.25) is 0 Å². The molecule has 0 bridgehead atoms. The summed E-state index contributed by atoms with van der Waals surface area (Å²) in [6.45, 7) is 6.50. The number of carbonyl (C=O) groups is 3. The molecule has 0 amide bonds. The van der Waals surface area contributed by atoms with E-state index in [0.29, 0.717) is 19.3 Å². The van der Waals surface area contributed by atoms with Gasteiger partial charge < -0.3 is 14.2 Å². The third kappa shape index (κ3) is 52.1.